The topological polar surface area (TPSA) is 71.1 Å². The molecule has 0 spiro atoms. The summed E-state index contributed by atoms with van der Waals surface area (Å²) in [6.07, 6.45) is 3.96. The highest BCUT2D eigenvalue weighted by Crippen LogP contribution is 2.16. The summed E-state index contributed by atoms with van der Waals surface area (Å²) in [6, 6.07) is 14.8. The molecule has 0 saturated heterocycles. The van der Waals surface area contributed by atoms with Crippen molar-refractivity contribution in [1.29, 1.82) is 0 Å². The van der Waals surface area contributed by atoms with Crippen LogP contribution in [0.15, 0.2) is 65.4 Å². The minimum Gasteiger partial charge on any atom is -0.352 e. The minimum atomic E-state index is -0.159. The van der Waals surface area contributed by atoms with Gasteiger partial charge in [0.25, 0.3) is 11.8 Å². The van der Waals surface area contributed by atoms with E-state index in [0.717, 1.165) is 15.2 Å². The highest BCUT2D eigenvalue weighted by Gasteiger charge is 2.10. The lowest BCUT2D eigenvalue weighted by atomic mass is 10.1. The smallest absolute Gasteiger partial charge is 0.253 e. The minimum absolute atomic E-state index is 0.123. The van der Waals surface area contributed by atoms with Crippen LogP contribution in [-0.4, -0.2) is 29.9 Å². The van der Waals surface area contributed by atoms with E-state index in [2.05, 4.69) is 31.5 Å². The van der Waals surface area contributed by atoms with Gasteiger partial charge in [0.05, 0.1) is 5.56 Å². The fourth-order valence-electron chi connectivity index (χ4n) is 2.59. The van der Waals surface area contributed by atoms with Crippen LogP contribution in [0.4, 0.5) is 0 Å². The van der Waals surface area contributed by atoms with Crippen molar-refractivity contribution < 1.29 is 9.59 Å². The zero-order chi connectivity index (χ0) is 18.4. The normalized spacial score (nSPS) is 10.5. The summed E-state index contributed by atoms with van der Waals surface area (Å²) in [7, 11) is 0. The Bertz CT molecular complexity index is 920. The molecule has 3 aromatic rings. The van der Waals surface area contributed by atoms with Crippen LogP contribution in [0.5, 0.6) is 0 Å². The molecule has 1 heterocycles. The van der Waals surface area contributed by atoms with E-state index in [-0.39, 0.29) is 11.8 Å². The first kappa shape index (κ1) is 18.1. The molecule has 0 aliphatic heterocycles. The van der Waals surface area contributed by atoms with Crippen LogP contribution in [-0.2, 0) is 0 Å². The molecule has 0 aliphatic carbocycles. The Kier molecular flexibility index (Phi) is 5.96. The number of fused-ring (bicyclic) bond motifs is 1. The number of pyridine rings is 1. The Morgan fingerprint density at radius 1 is 0.885 bits per heavy atom. The molecule has 0 unspecified atom stereocenters. The van der Waals surface area contributed by atoms with Gasteiger partial charge in [0.15, 0.2) is 0 Å². The molecule has 5 nitrogen and oxygen atoms in total. The third kappa shape index (κ3) is 4.46. The second-order valence-corrected chi connectivity index (χ2v) is 6.70. The van der Waals surface area contributed by atoms with Crippen molar-refractivity contribution in [2.24, 2.45) is 0 Å². The van der Waals surface area contributed by atoms with Gasteiger partial charge in [0, 0.05) is 40.9 Å². The van der Waals surface area contributed by atoms with Crippen molar-refractivity contribution in [1.82, 2.24) is 15.6 Å². The quantitative estimate of drug-likeness (QED) is 0.609. The van der Waals surface area contributed by atoms with E-state index < -0.39 is 0 Å². The second-order valence-electron chi connectivity index (χ2n) is 5.78. The van der Waals surface area contributed by atoms with Crippen molar-refractivity contribution in [3.05, 3.63) is 76.5 Å². The Morgan fingerprint density at radius 2 is 1.58 bits per heavy atom. The largest absolute Gasteiger partial charge is 0.352 e. The Morgan fingerprint density at radius 3 is 2.35 bits per heavy atom. The second kappa shape index (κ2) is 8.58. The summed E-state index contributed by atoms with van der Waals surface area (Å²) in [5, 5.41) is 7.53. The Hall–Kier alpha value is -2.73. The van der Waals surface area contributed by atoms with Gasteiger partial charge in [-0.15, -0.1) is 0 Å². The van der Waals surface area contributed by atoms with Crippen LogP contribution in [0.1, 0.15) is 27.1 Å². The lowest BCUT2D eigenvalue weighted by molar-refractivity contribution is 0.0952. The third-order valence-electron chi connectivity index (χ3n) is 3.94. The van der Waals surface area contributed by atoms with Gasteiger partial charge in [0.1, 0.15) is 0 Å². The zero-order valence-electron chi connectivity index (χ0n) is 14.0. The number of nitrogens with zero attached hydrogens (tertiary/aromatic N) is 1. The van der Waals surface area contributed by atoms with E-state index >= 15 is 0 Å². The molecule has 1 aromatic heterocycles. The highest BCUT2D eigenvalue weighted by atomic mass is 79.9. The van der Waals surface area contributed by atoms with Crippen LogP contribution in [0.25, 0.3) is 10.8 Å². The van der Waals surface area contributed by atoms with Crippen LogP contribution < -0.4 is 10.6 Å². The number of carbonyl (C=O) groups is 2. The number of hydrogen-bond acceptors (Lipinski definition) is 3. The molecule has 0 radical (unpaired) electrons. The van der Waals surface area contributed by atoms with Crippen molar-refractivity contribution >= 4 is 38.5 Å². The SMILES string of the molecule is O=C(NCCCNC(=O)c1cncc2ccccc12)c1ccc(Br)cc1. The predicted octanol–water partition coefficient (Wildman–Crippen LogP) is 3.55. The number of aromatic nitrogens is 1. The monoisotopic (exact) mass is 411 g/mol. The van der Waals surface area contributed by atoms with E-state index in [4.69, 9.17) is 0 Å². The molecule has 0 bridgehead atoms. The summed E-state index contributed by atoms with van der Waals surface area (Å²) < 4.78 is 0.930. The number of benzene rings is 2. The first-order valence-electron chi connectivity index (χ1n) is 8.30. The summed E-state index contributed by atoms with van der Waals surface area (Å²) in [4.78, 5) is 28.5. The van der Waals surface area contributed by atoms with Gasteiger partial charge >= 0.3 is 0 Å². The van der Waals surface area contributed by atoms with Gasteiger partial charge in [-0.2, -0.15) is 0 Å². The Labute approximate surface area is 160 Å². The molecule has 2 aromatic carbocycles. The van der Waals surface area contributed by atoms with E-state index in [0.29, 0.717) is 30.6 Å². The molecule has 2 amide bonds. The molecule has 0 fully saturated rings. The van der Waals surface area contributed by atoms with Gasteiger partial charge in [0.2, 0.25) is 0 Å². The number of carbonyl (C=O) groups excluding carboxylic acids is 2. The molecular formula is C20H18BrN3O2. The van der Waals surface area contributed by atoms with Gasteiger partial charge in [-0.25, -0.2) is 0 Å². The van der Waals surface area contributed by atoms with Crippen molar-refractivity contribution in [2.75, 3.05) is 13.1 Å². The molecule has 0 atom stereocenters. The predicted molar refractivity (Wildman–Crippen MR) is 105 cm³/mol. The fraction of sp³-hybridized carbons (Fsp3) is 0.150. The van der Waals surface area contributed by atoms with Crippen molar-refractivity contribution in [3.8, 4) is 0 Å². The molecular weight excluding hydrogens is 394 g/mol. The number of nitrogens with one attached hydrogen (secondary N) is 2. The summed E-state index contributed by atoms with van der Waals surface area (Å²) in [6.45, 7) is 0.964. The van der Waals surface area contributed by atoms with Gasteiger partial charge in [-0.3, -0.25) is 14.6 Å². The number of rotatable bonds is 6. The number of amides is 2. The maximum Gasteiger partial charge on any atom is 0.253 e. The molecule has 0 aliphatic rings. The molecule has 2 N–H and O–H groups in total. The van der Waals surface area contributed by atoms with Crippen LogP contribution in [0.3, 0.4) is 0 Å². The molecule has 3 rings (SSSR count). The van der Waals surface area contributed by atoms with Crippen molar-refractivity contribution in [3.63, 3.8) is 0 Å². The van der Waals surface area contributed by atoms with E-state index in [1.807, 2.05) is 36.4 Å². The lowest BCUT2D eigenvalue weighted by Crippen LogP contribution is -2.30. The van der Waals surface area contributed by atoms with Crippen LogP contribution in [0, 0.1) is 0 Å². The summed E-state index contributed by atoms with van der Waals surface area (Å²) in [5.41, 5.74) is 1.17. The maximum atomic E-state index is 12.4. The molecule has 26 heavy (non-hydrogen) atoms. The van der Waals surface area contributed by atoms with Gasteiger partial charge < -0.3 is 10.6 Å². The van der Waals surface area contributed by atoms with Gasteiger partial charge in [-0.1, -0.05) is 40.2 Å². The van der Waals surface area contributed by atoms with E-state index in [9.17, 15) is 9.59 Å². The Balaban J connectivity index is 1.47. The first-order valence-corrected chi connectivity index (χ1v) is 9.09. The average Bonchev–Trinajstić information content (AvgIpc) is 2.67. The molecule has 6 heteroatoms. The lowest BCUT2D eigenvalue weighted by Gasteiger charge is -2.08. The third-order valence-corrected chi connectivity index (χ3v) is 4.47. The molecule has 132 valence electrons. The summed E-state index contributed by atoms with van der Waals surface area (Å²) >= 11 is 3.34. The van der Waals surface area contributed by atoms with Gasteiger partial charge in [-0.05, 0) is 36.1 Å². The zero-order valence-corrected chi connectivity index (χ0v) is 15.6. The standard InChI is InChI=1S/C20H18BrN3O2/c21-16-8-6-14(7-9-16)19(25)23-10-3-11-24-20(26)18-13-22-12-15-4-1-2-5-17(15)18/h1-2,4-9,12-13H,3,10-11H2,(H,23,25)(H,24,26). The first-order chi connectivity index (χ1) is 12.6. The van der Waals surface area contributed by atoms with Crippen LogP contribution in [0.2, 0.25) is 0 Å². The fourth-order valence-corrected chi connectivity index (χ4v) is 2.85. The maximum absolute atomic E-state index is 12.4. The van der Waals surface area contributed by atoms with Crippen molar-refractivity contribution in [2.45, 2.75) is 6.42 Å². The van der Waals surface area contributed by atoms with E-state index in [1.165, 1.54) is 0 Å². The van der Waals surface area contributed by atoms with Crippen LogP contribution >= 0.6 is 15.9 Å². The van der Waals surface area contributed by atoms with E-state index in [1.54, 1.807) is 24.5 Å². The highest BCUT2D eigenvalue weighted by molar-refractivity contribution is 9.10. The average molecular weight is 412 g/mol. The molecule has 0 saturated carbocycles. The summed E-state index contributed by atoms with van der Waals surface area (Å²) in [5.74, 6) is -0.282. The number of hydrogen-bond donors (Lipinski definition) is 2. The number of halogens is 1.